The molecule has 0 fully saturated rings. The fraction of sp³-hybridized carbons (Fsp3) is 0.111. The highest BCUT2D eigenvalue weighted by atomic mass is 32.2. The summed E-state index contributed by atoms with van der Waals surface area (Å²) in [5.74, 6) is 0.560. The van der Waals surface area contributed by atoms with Crippen LogP contribution < -0.4 is 0 Å². The van der Waals surface area contributed by atoms with E-state index in [1.807, 2.05) is 49.4 Å². The van der Waals surface area contributed by atoms with E-state index in [9.17, 15) is 4.21 Å². The van der Waals surface area contributed by atoms with Crippen LogP contribution >= 0.6 is 0 Å². The van der Waals surface area contributed by atoms with E-state index in [2.05, 4.69) is 24.3 Å². The summed E-state index contributed by atoms with van der Waals surface area (Å²) < 4.78 is 12.5. The normalized spacial score (nSPS) is 12.4. The van der Waals surface area contributed by atoms with Crippen molar-refractivity contribution in [2.24, 2.45) is 0 Å². The first-order valence-electron chi connectivity index (χ1n) is 6.66. The molecule has 0 aliphatic carbocycles. The van der Waals surface area contributed by atoms with Gasteiger partial charge in [0.05, 0.1) is 16.6 Å². The first-order chi connectivity index (χ1) is 9.74. The lowest BCUT2D eigenvalue weighted by Gasteiger charge is -2.07. The summed E-state index contributed by atoms with van der Waals surface area (Å²) in [5.41, 5.74) is 2.33. The molecule has 2 heteroatoms. The molecule has 3 rings (SSSR count). The van der Waals surface area contributed by atoms with E-state index in [0.717, 1.165) is 10.5 Å². The maximum Gasteiger partial charge on any atom is 0.0574 e. The first kappa shape index (κ1) is 13.1. The largest absolute Gasteiger partial charge is 0.254 e. The standard InChI is InChI=1S/C18H16OS/c1-14-9-11-17(12-10-14)20(19)13-16-7-4-6-15-5-2-3-8-18(15)16/h2-12H,13H2,1H3. The summed E-state index contributed by atoms with van der Waals surface area (Å²) in [6.07, 6.45) is 0. The van der Waals surface area contributed by atoms with E-state index in [0.29, 0.717) is 5.75 Å². The molecule has 0 saturated heterocycles. The van der Waals surface area contributed by atoms with Crippen molar-refractivity contribution in [2.75, 3.05) is 0 Å². The Labute approximate surface area is 121 Å². The van der Waals surface area contributed by atoms with Gasteiger partial charge in [-0.25, -0.2) is 0 Å². The molecule has 0 spiro atoms. The first-order valence-corrected chi connectivity index (χ1v) is 7.97. The number of rotatable bonds is 3. The third kappa shape index (κ3) is 2.66. The Kier molecular flexibility index (Phi) is 3.66. The van der Waals surface area contributed by atoms with Crippen molar-refractivity contribution in [1.82, 2.24) is 0 Å². The van der Waals surface area contributed by atoms with Crippen molar-refractivity contribution >= 4 is 21.6 Å². The van der Waals surface area contributed by atoms with E-state index < -0.39 is 10.8 Å². The van der Waals surface area contributed by atoms with Crippen molar-refractivity contribution in [3.8, 4) is 0 Å². The molecule has 0 radical (unpaired) electrons. The van der Waals surface area contributed by atoms with Gasteiger partial charge in [0, 0.05) is 4.90 Å². The Morgan fingerprint density at radius 1 is 0.850 bits per heavy atom. The fourth-order valence-electron chi connectivity index (χ4n) is 2.33. The lowest BCUT2D eigenvalue weighted by Crippen LogP contribution is -1.97. The average molecular weight is 280 g/mol. The maximum atomic E-state index is 12.5. The van der Waals surface area contributed by atoms with Crippen molar-refractivity contribution in [2.45, 2.75) is 17.6 Å². The van der Waals surface area contributed by atoms with Gasteiger partial charge in [-0.1, -0.05) is 60.2 Å². The topological polar surface area (TPSA) is 17.1 Å². The Morgan fingerprint density at radius 3 is 2.35 bits per heavy atom. The fourth-order valence-corrected chi connectivity index (χ4v) is 3.47. The van der Waals surface area contributed by atoms with Crippen LogP contribution in [0.4, 0.5) is 0 Å². The van der Waals surface area contributed by atoms with Crippen LogP contribution in [-0.4, -0.2) is 4.21 Å². The molecule has 0 aliphatic rings. The minimum absolute atomic E-state index is 0.560. The highest BCUT2D eigenvalue weighted by molar-refractivity contribution is 7.84. The number of hydrogen-bond donors (Lipinski definition) is 0. The molecule has 0 aromatic heterocycles. The number of fused-ring (bicyclic) bond motifs is 1. The molecule has 0 saturated carbocycles. The predicted molar refractivity (Wildman–Crippen MR) is 85.2 cm³/mol. The highest BCUT2D eigenvalue weighted by Gasteiger charge is 2.07. The summed E-state index contributed by atoms with van der Waals surface area (Å²) in [5, 5.41) is 2.39. The van der Waals surface area contributed by atoms with Gasteiger partial charge >= 0.3 is 0 Å². The van der Waals surface area contributed by atoms with Gasteiger partial charge in [0.15, 0.2) is 0 Å². The van der Waals surface area contributed by atoms with Gasteiger partial charge in [-0.2, -0.15) is 0 Å². The lowest BCUT2D eigenvalue weighted by molar-refractivity contribution is 0.682. The van der Waals surface area contributed by atoms with Gasteiger partial charge in [0.2, 0.25) is 0 Å². The molecule has 0 N–H and O–H groups in total. The van der Waals surface area contributed by atoms with Crippen molar-refractivity contribution in [1.29, 1.82) is 0 Å². The molecule has 1 atom stereocenters. The second-order valence-electron chi connectivity index (χ2n) is 4.94. The lowest BCUT2D eigenvalue weighted by atomic mass is 10.1. The Balaban J connectivity index is 1.93. The van der Waals surface area contributed by atoms with E-state index in [4.69, 9.17) is 0 Å². The molecule has 20 heavy (non-hydrogen) atoms. The van der Waals surface area contributed by atoms with Gasteiger partial charge < -0.3 is 0 Å². The van der Waals surface area contributed by atoms with Crippen molar-refractivity contribution < 1.29 is 4.21 Å². The van der Waals surface area contributed by atoms with Crippen LogP contribution in [0.25, 0.3) is 10.8 Å². The SMILES string of the molecule is Cc1ccc(S(=O)Cc2cccc3ccccc23)cc1. The maximum absolute atomic E-state index is 12.5. The van der Waals surface area contributed by atoms with Crippen LogP contribution in [0.5, 0.6) is 0 Å². The minimum atomic E-state index is -0.999. The number of aryl methyl sites for hydroxylation is 1. The predicted octanol–water partition coefficient (Wildman–Crippen LogP) is 4.46. The summed E-state index contributed by atoms with van der Waals surface area (Å²) >= 11 is 0. The molecule has 0 heterocycles. The van der Waals surface area contributed by atoms with Gasteiger partial charge in [-0.05, 0) is 35.4 Å². The van der Waals surface area contributed by atoms with Crippen LogP contribution in [0, 0.1) is 6.92 Å². The molecule has 0 aliphatic heterocycles. The van der Waals surface area contributed by atoms with E-state index in [1.165, 1.54) is 16.3 Å². The van der Waals surface area contributed by atoms with Crippen molar-refractivity contribution in [3.63, 3.8) is 0 Å². The van der Waals surface area contributed by atoms with E-state index >= 15 is 0 Å². The zero-order valence-electron chi connectivity index (χ0n) is 11.4. The molecule has 100 valence electrons. The van der Waals surface area contributed by atoms with Crippen LogP contribution in [0.2, 0.25) is 0 Å². The number of benzene rings is 3. The smallest absolute Gasteiger partial charge is 0.0574 e. The molecule has 3 aromatic carbocycles. The summed E-state index contributed by atoms with van der Waals surface area (Å²) in [4.78, 5) is 0.892. The van der Waals surface area contributed by atoms with E-state index in [1.54, 1.807) is 0 Å². The highest BCUT2D eigenvalue weighted by Crippen LogP contribution is 2.21. The third-order valence-corrected chi connectivity index (χ3v) is 4.82. The molecule has 3 aromatic rings. The van der Waals surface area contributed by atoms with Crippen molar-refractivity contribution in [3.05, 3.63) is 77.9 Å². The zero-order chi connectivity index (χ0) is 13.9. The van der Waals surface area contributed by atoms with Crippen LogP contribution in [0.1, 0.15) is 11.1 Å². The van der Waals surface area contributed by atoms with Crippen LogP contribution in [0.3, 0.4) is 0 Å². The van der Waals surface area contributed by atoms with Gasteiger partial charge in [-0.3, -0.25) is 4.21 Å². The van der Waals surface area contributed by atoms with E-state index in [-0.39, 0.29) is 0 Å². The molecule has 1 nitrogen and oxygen atoms in total. The zero-order valence-corrected chi connectivity index (χ0v) is 12.2. The second-order valence-corrected chi connectivity index (χ2v) is 6.39. The Morgan fingerprint density at radius 2 is 1.55 bits per heavy atom. The quantitative estimate of drug-likeness (QED) is 0.692. The molecule has 1 unspecified atom stereocenters. The van der Waals surface area contributed by atoms with Gasteiger partial charge in [0.1, 0.15) is 0 Å². The molecule has 0 bridgehead atoms. The van der Waals surface area contributed by atoms with Gasteiger partial charge in [-0.15, -0.1) is 0 Å². The Bertz CT molecular complexity index is 754. The third-order valence-electron chi connectivity index (χ3n) is 3.45. The molecular weight excluding hydrogens is 264 g/mol. The number of hydrogen-bond acceptors (Lipinski definition) is 1. The Hall–Kier alpha value is -1.93. The summed E-state index contributed by atoms with van der Waals surface area (Å²) in [7, 11) is -0.999. The molecule has 0 amide bonds. The minimum Gasteiger partial charge on any atom is -0.254 e. The summed E-state index contributed by atoms with van der Waals surface area (Å²) in [6.45, 7) is 2.04. The molecular formula is C18H16OS. The monoisotopic (exact) mass is 280 g/mol. The summed E-state index contributed by atoms with van der Waals surface area (Å²) in [6, 6.07) is 22.4. The van der Waals surface area contributed by atoms with Gasteiger partial charge in [0.25, 0.3) is 0 Å². The second kappa shape index (κ2) is 5.59. The average Bonchev–Trinajstić information content (AvgIpc) is 2.48. The van der Waals surface area contributed by atoms with Crippen LogP contribution in [-0.2, 0) is 16.6 Å². The van der Waals surface area contributed by atoms with Crippen LogP contribution in [0.15, 0.2) is 71.6 Å².